The minimum absolute atomic E-state index is 0.0550. The molecule has 5 heteroatoms. The molecule has 5 nitrogen and oxygen atoms in total. The summed E-state index contributed by atoms with van der Waals surface area (Å²) in [5.74, 6) is 0.729. The first-order valence-electron chi connectivity index (χ1n) is 10.2. The summed E-state index contributed by atoms with van der Waals surface area (Å²) in [7, 11) is 0. The molecule has 0 unspecified atom stereocenters. The molecule has 2 heterocycles. The fourth-order valence-electron chi connectivity index (χ4n) is 3.81. The van der Waals surface area contributed by atoms with Crippen molar-refractivity contribution in [1.82, 2.24) is 14.5 Å². The van der Waals surface area contributed by atoms with Gasteiger partial charge in [0.05, 0.1) is 19.0 Å². The van der Waals surface area contributed by atoms with Gasteiger partial charge in [-0.25, -0.2) is 4.98 Å². The third-order valence-corrected chi connectivity index (χ3v) is 5.60. The van der Waals surface area contributed by atoms with E-state index in [0.717, 1.165) is 28.5 Å². The monoisotopic (exact) mass is 388 g/mol. The molecule has 4 rings (SSSR count). The summed E-state index contributed by atoms with van der Waals surface area (Å²) in [6, 6.07) is 18.8. The molecule has 0 saturated heterocycles. The van der Waals surface area contributed by atoms with E-state index in [2.05, 4.69) is 67.0 Å². The average molecular weight is 389 g/mol. The summed E-state index contributed by atoms with van der Waals surface area (Å²) >= 11 is 0. The van der Waals surface area contributed by atoms with Gasteiger partial charge in [-0.05, 0) is 51.0 Å². The van der Waals surface area contributed by atoms with Crippen LogP contribution in [-0.4, -0.2) is 27.2 Å². The standard InChI is InChI=1S/C24H28N4O/c1-17(2)26-15-27(21-12-8-9-18(3)13-21)24-25-19(4)22(23(29)28(24)16-26)14-20-10-6-5-7-11-20/h5-13,17H,14-16H2,1-4H3. The number of aryl methyl sites for hydroxylation is 2. The molecular weight excluding hydrogens is 360 g/mol. The van der Waals surface area contributed by atoms with Crippen LogP contribution in [0.1, 0.15) is 36.2 Å². The quantitative estimate of drug-likeness (QED) is 0.671. The second-order valence-corrected chi connectivity index (χ2v) is 8.10. The molecule has 0 N–H and O–H groups in total. The summed E-state index contributed by atoms with van der Waals surface area (Å²) in [4.78, 5) is 22.9. The lowest BCUT2D eigenvalue weighted by molar-refractivity contribution is 0.156. The number of fused-ring (bicyclic) bond motifs is 1. The van der Waals surface area contributed by atoms with Gasteiger partial charge in [-0.2, -0.15) is 0 Å². The molecule has 0 radical (unpaired) electrons. The molecule has 1 aliphatic heterocycles. The molecule has 0 saturated carbocycles. The van der Waals surface area contributed by atoms with Gasteiger partial charge < -0.3 is 0 Å². The number of anilines is 2. The van der Waals surface area contributed by atoms with E-state index in [1.807, 2.05) is 29.7 Å². The highest BCUT2D eigenvalue weighted by Gasteiger charge is 2.29. The van der Waals surface area contributed by atoms with Crippen molar-refractivity contribution in [1.29, 1.82) is 0 Å². The molecule has 29 heavy (non-hydrogen) atoms. The van der Waals surface area contributed by atoms with Gasteiger partial charge >= 0.3 is 0 Å². The maximum Gasteiger partial charge on any atom is 0.259 e. The Bertz CT molecular complexity index is 1070. The van der Waals surface area contributed by atoms with Crippen molar-refractivity contribution in [2.45, 2.75) is 46.8 Å². The van der Waals surface area contributed by atoms with Crippen LogP contribution in [0.3, 0.4) is 0 Å². The van der Waals surface area contributed by atoms with Crippen molar-refractivity contribution in [2.75, 3.05) is 11.6 Å². The van der Waals surface area contributed by atoms with Gasteiger partial charge in [0.1, 0.15) is 0 Å². The largest absolute Gasteiger partial charge is 0.298 e. The molecule has 3 aromatic rings. The highest BCUT2D eigenvalue weighted by molar-refractivity contribution is 5.59. The van der Waals surface area contributed by atoms with Crippen LogP contribution in [0.4, 0.5) is 11.6 Å². The smallest absolute Gasteiger partial charge is 0.259 e. The van der Waals surface area contributed by atoms with Gasteiger partial charge in [0.15, 0.2) is 0 Å². The number of rotatable bonds is 4. The Labute approximate surface area is 172 Å². The SMILES string of the molecule is Cc1cccc(N2CN(C(C)C)Cn3c2nc(C)c(Cc2ccccc2)c3=O)c1. The van der Waals surface area contributed by atoms with Gasteiger partial charge in [-0.1, -0.05) is 42.5 Å². The van der Waals surface area contributed by atoms with Crippen LogP contribution in [0.15, 0.2) is 59.4 Å². The number of nitrogens with zero attached hydrogens (tertiary/aromatic N) is 4. The zero-order chi connectivity index (χ0) is 20.5. The maximum atomic E-state index is 13.5. The second-order valence-electron chi connectivity index (χ2n) is 8.10. The van der Waals surface area contributed by atoms with E-state index in [-0.39, 0.29) is 5.56 Å². The molecule has 0 fully saturated rings. The van der Waals surface area contributed by atoms with Gasteiger partial charge in [-0.3, -0.25) is 19.2 Å². The van der Waals surface area contributed by atoms with Crippen molar-refractivity contribution in [3.63, 3.8) is 0 Å². The van der Waals surface area contributed by atoms with Crippen LogP contribution in [0.2, 0.25) is 0 Å². The van der Waals surface area contributed by atoms with Crippen LogP contribution in [0.25, 0.3) is 0 Å². The number of aromatic nitrogens is 2. The van der Waals surface area contributed by atoms with Crippen LogP contribution in [0.5, 0.6) is 0 Å². The van der Waals surface area contributed by atoms with Crippen molar-refractivity contribution in [2.24, 2.45) is 0 Å². The Balaban J connectivity index is 1.83. The first kappa shape index (κ1) is 19.4. The van der Waals surface area contributed by atoms with E-state index in [0.29, 0.717) is 25.8 Å². The molecule has 150 valence electrons. The van der Waals surface area contributed by atoms with Crippen LogP contribution < -0.4 is 10.5 Å². The van der Waals surface area contributed by atoms with E-state index < -0.39 is 0 Å². The number of benzene rings is 2. The third kappa shape index (κ3) is 3.83. The van der Waals surface area contributed by atoms with Crippen molar-refractivity contribution in [3.05, 3.63) is 87.3 Å². The Morgan fingerprint density at radius 3 is 2.45 bits per heavy atom. The third-order valence-electron chi connectivity index (χ3n) is 5.60. The van der Waals surface area contributed by atoms with E-state index in [4.69, 9.17) is 4.98 Å². The van der Waals surface area contributed by atoms with Crippen molar-refractivity contribution >= 4 is 11.6 Å². The minimum Gasteiger partial charge on any atom is -0.298 e. The molecule has 1 aliphatic rings. The predicted molar refractivity (Wildman–Crippen MR) is 118 cm³/mol. The molecule has 0 spiro atoms. The minimum atomic E-state index is 0.0550. The van der Waals surface area contributed by atoms with Crippen molar-refractivity contribution < 1.29 is 0 Å². The molecule has 0 aliphatic carbocycles. The second kappa shape index (κ2) is 7.84. The lowest BCUT2D eigenvalue weighted by Crippen LogP contribution is -2.50. The topological polar surface area (TPSA) is 41.4 Å². The molecular formula is C24H28N4O. The molecule has 0 amide bonds. The predicted octanol–water partition coefficient (Wildman–Crippen LogP) is 4.23. The van der Waals surface area contributed by atoms with Gasteiger partial charge in [0.25, 0.3) is 5.56 Å². The Hall–Kier alpha value is -2.92. The number of hydrogen-bond acceptors (Lipinski definition) is 4. The number of hydrogen-bond donors (Lipinski definition) is 0. The summed E-state index contributed by atoms with van der Waals surface area (Å²) in [6.07, 6.45) is 0.602. The Morgan fingerprint density at radius 2 is 1.76 bits per heavy atom. The fourth-order valence-corrected chi connectivity index (χ4v) is 3.81. The zero-order valence-electron chi connectivity index (χ0n) is 17.6. The Morgan fingerprint density at radius 1 is 1.00 bits per heavy atom. The van der Waals surface area contributed by atoms with Crippen LogP contribution >= 0.6 is 0 Å². The van der Waals surface area contributed by atoms with E-state index in [1.54, 1.807) is 0 Å². The fraction of sp³-hybridized carbons (Fsp3) is 0.333. The lowest BCUT2D eigenvalue weighted by atomic mass is 10.1. The van der Waals surface area contributed by atoms with E-state index >= 15 is 0 Å². The van der Waals surface area contributed by atoms with E-state index in [1.165, 1.54) is 5.56 Å². The van der Waals surface area contributed by atoms with Crippen molar-refractivity contribution in [3.8, 4) is 0 Å². The lowest BCUT2D eigenvalue weighted by Gasteiger charge is -2.40. The first-order valence-corrected chi connectivity index (χ1v) is 10.2. The molecule has 1 aromatic heterocycles. The average Bonchev–Trinajstić information content (AvgIpc) is 2.71. The zero-order valence-corrected chi connectivity index (χ0v) is 17.6. The van der Waals surface area contributed by atoms with Crippen LogP contribution in [0, 0.1) is 13.8 Å². The van der Waals surface area contributed by atoms with E-state index in [9.17, 15) is 4.79 Å². The maximum absolute atomic E-state index is 13.5. The summed E-state index contributed by atoms with van der Waals surface area (Å²) in [6.45, 7) is 9.63. The summed E-state index contributed by atoms with van der Waals surface area (Å²) < 4.78 is 1.83. The Kier molecular flexibility index (Phi) is 5.24. The van der Waals surface area contributed by atoms with Gasteiger partial charge in [-0.15, -0.1) is 0 Å². The molecule has 2 aromatic carbocycles. The highest BCUT2D eigenvalue weighted by Crippen LogP contribution is 2.29. The van der Waals surface area contributed by atoms with Gasteiger partial charge in [0.2, 0.25) is 5.95 Å². The van der Waals surface area contributed by atoms with Gasteiger partial charge in [0, 0.05) is 23.7 Å². The normalized spacial score (nSPS) is 14.3. The molecule has 0 atom stereocenters. The summed E-state index contributed by atoms with van der Waals surface area (Å²) in [5.41, 5.74) is 5.01. The first-order chi connectivity index (χ1) is 13.9. The molecule has 0 bridgehead atoms. The van der Waals surface area contributed by atoms with Crippen LogP contribution in [-0.2, 0) is 13.1 Å². The highest BCUT2D eigenvalue weighted by atomic mass is 16.1. The summed E-state index contributed by atoms with van der Waals surface area (Å²) in [5, 5.41) is 0.